The first kappa shape index (κ1) is 12.4. The van der Waals surface area contributed by atoms with Gasteiger partial charge in [-0.1, -0.05) is 25.0 Å². The Kier molecular flexibility index (Phi) is 3.69. The Morgan fingerprint density at radius 1 is 1.29 bits per heavy atom. The van der Waals surface area contributed by atoms with Crippen molar-refractivity contribution in [1.29, 1.82) is 0 Å². The Labute approximate surface area is 102 Å². The summed E-state index contributed by atoms with van der Waals surface area (Å²) in [5.41, 5.74) is 0. The maximum Gasteiger partial charge on any atom is 0.244 e. The van der Waals surface area contributed by atoms with E-state index in [1.54, 1.807) is 12.1 Å². The van der Waals surface area contributed by atoms with Crippen LogP contribution in [0.3, 0.4) is 0 Å². The second-order valence-electron chi connectivity index (χ2n) is 4.45. The van der Waals surface area contributed by atoms with Crippen LogP contribution in [-0.4, -0.2) is 20.1 Å². The summed E-state index contributed by atoms with van der Waals surface area (Å²) in [6.07, 6.45) is 4.51. The lowest BCUT2D eigenvalue weighted by atomic mass is 10.2. The number of rotatable bonds is 6. The summed E-state index contributed by atoms with van der Waals surface area (Å²) in [6.45, 7) is 0.438. The normalized spacial score (nSPS) is 16.0. The monoisotopic (exact) mass is 255 g/mol. The third kappa shape index (κ3) is 3.44. The molecule has 1 fully saturated rings. The zero-order chi connectivity index (χ0) is 12.3. The molecule has 0 aromatic heterocycles. The standard InChI is InChI=1S/C12H17NO3S/c14-11-5-1-2-6-12(11)17(15,16)13-9-3-4-10-7-8-10/h1-2,5-6,10,13-14H,3-4,7-9H2. The summed E-state index contributed by atoms with van der Waals surface area (Å²) < 4.78 is 26.2. The topological polar surface area (TPSA) is 66.4 Å². The van der Waals surface area contributed by atoms with Gasteiger partial charge in [-0.15, -0.1) is 0 Å². The van der Waals surface area contributed by atoms with Gasteiger partial charge in [-0.25, -0.2) is 13.1 Å². The molecular formula is C12H17NO3S. The van der Waals surface area contributed by atoms with Crippen LogP contribution in [-0.2, 0) is 10.0 Å². The molecule has 0 saturated heterocycles. The van der Waals surface area contributed by atoms with Crippen LogP contribution in [0.1, 0.15) is 25.7 Å². The van der Waals surface area contributed by atoms with Gasteiger partial charge < -0.3 is 5.11 Å². The average molecular weight is 255 g/mol. The first-order chi connectivity index (χ1) is 8.09. The maximum atomic E-state index is 11.8. The third-order valence-corrected chi connectivity index (χ3v) is 4.44. The van der Waals surface area contributed by atoms with E-state index in [4.69, 9.17) is 0 Å². The van der Waals surface area contributed by atoms with Gasteiger partial charge in [-0.3, -0.25) is 0 Å². The van der Waals surface area contributed by atoms with Gasteiger partial charge in [0.25, 0.3) is 0 Å². The van der Waals surface area contributed by atoms with Crippen LogP contribution < -0.4 is 4.72 Å². The van der Waals surface area contributed by atoms with E-state index in [9.17, 15) is 13.5 Å². The molecule has 1 aliphatic carbocycles. The Balaban J connectivity index is 1.91. The quantitative estimate of drug-likeness (QED) is 0.762. The van der Waals surface area contributed by atoms with Gasteiger partial charge in [-0.2, -0.15) is 0 Å². The van der Waals surface area contributed by atoms with Crippen molar-refractivity contribution in [2.24, 2.45) is 5.92 Å². The predicted octanol–water partition coefficient (Wildman–Crippen LogP) is 1.86. The first-order valence-corrected chi connectivity index (χ1v) is 7.35. The Morgan fingerprint density at radius 3 is 2.65 bits per heavy atom. The zero-order valence-electron chi connectivity index (χ0n) is 9.59. The van der Waals surface area contributed by atoms with Crippen molar-refractivity contribution < 1.29 is 13.5 Å². The number of hydrogen-bond acceptors (Lipinski definition) is 3. The van der Waals surface area contributed by atoms with E-state index in [-0.39, 0.29) is 10.6 Å². The number of phenols is 1. The van der Waals surface area contributed by atoms with Crippen molar-refractivity contribution in [2.75, 3.05) is 6.54 Å². The van der Waals surface area contributed by atoms with Crippen LogP contribution in [0.5, 0.6) is 5.75 Å². The summed E-state index contributed by atoms with van der Waals surface area (Å²) >= 11 is 0. The number of aromatic hydroxyl groups is 1. The molecule has 1 aromatic carbocycles. The molecule has 0 bridgehead atoms. The van der Waals surface area contributed by atoms with Gasteiger partial charge in [0.1, 0.15) is 10.6 Å². The molecule has 1 aliphatic rings. The van der Waals surface area contributed by atoms with E-state index in [0.29, 0.717) is 6.54 Å². The molecule has 0 amide bonds. The molecule has 2 N–H and O–H groups in total. The van der Waals surface area contributed by atoms with E-state index < -0.39 is 10.0 Å². The highest BCUT2D eigenvalue weighted by Crippen LogP contribution is 2.33. The van der Waals surface area contributed by atoms with Crippen LogP contribution in [0.25, 0.3) is 0 Å². The zero-order valence-corrected chi connectivity index (χ0v) is 10.4. The van der Waals surface area contributed by atoms with Crippen LogP contribution in [0, 0.1) is 5.92 Å². The molecule has 17 heavy (non-hydrogen) atoms. The molecule has 0 heterocycles. The Bertz CT molecular complexity index is 480. The fourth-order valence-electron chi connectivity index (χ4n) is 1.77. The van der Waals surface area contributed by atoms with E-state index in [0.717, 1.165) is 18.8 Å². The summed E-state index contributed by atoms with van der Waals surface area (Å²) in [6, 6.07) is 5.97. The maximum absolute atomic E-state index is 11.8. The molecule has 0 atom stereocenters. The fraction of sp³-hybridized carbons (Fsp3) is 0.500. The average Bonchev–Trinajstić information content (AvgIpc) is 3.09. The van der Waals surface area contributed by atoms with E-state index in [1.165, 1.54) is 25.0 Å². The van der Waals surface area contributed by atoms with Gasteiger partial charge in [0.2, 0.25) is 10.0 Å². The fourth-order valence-corrected chi connectivity index (χ4v) is 2.94. The van der Waals surface area contributed by atoms with Crippen molar-refractivity contribution in [3.8, 4) is 5.75 Å². The van der Waals surface area contributed by atoms with Gasteiger partial charge in [0, 0.05) is 6.54 Å². The predicted molar refractivity (Wildman–Crippen MR) is 65.3 cm³/mol. The molecule has 0 aliphatic heterocycles. The number of phenolic OH excluding ortho intramolecular Hbond substituents is 1. The highest BCUT2D eigenvalue weighted by molar-refractivity contribution is 7.89. The number of sulfonamides is 1. The minimum absolute atomic E-state index is 0.0496. The number of benzene rings is 1. The van der Waals surface area contributed by atoms with Crippen LogP contribution in [0.15, 0.2) is 29.2 Å². The summed E-state index contributed by atoms with van der Waals surface area (Å²) in [7, 11) is -3.57. The SMILES string of the molecule is O=S(=O)(NCCCC1CC1)c1ccccc1O. The van der Waals surface area contributed by atoms with E-state index in [2.05, 4.69) is 4.72 Å². The van der Waals surface area contributed by atoms with Crippen LogP contribution in [0.2, 0.25) is 0 Å². The summed E-state index contributed by atoms with van der Waals surface area (Å²) in [5.74, 6) is 0.604. The molecule has 5 heteroatoms. The van der Waals surface area contributed by atoms with Gasteiger partial charge in [-0.05, 0) is 30.9 Å². The van der Waals surface area contributed by atoms with Crippen LogP contribution in [0.4, 0.5) is 0 Å². The largest absolute Gasteiger partial charge is 0.507 e. The van der Waals surface area contributed by atoms with Crippen molar-refractivity contribution in [3.63, 3.8) is 0 Å². The van der Waals surface area contributed by atoms with Crippen molar-refractivity contribution >= 4 is 10.0 Å². The second-order valence-corrected chi connectivity index (χ2v) is 6.19. The van der Waals surface area contributed by atoms with E-state index >= 15 is 0 Å². The molecule has 4 nitrogen and oxygen atoms in total. The highest BCUT2D eigenvalue weighted by atomic mass is 32.2. The smallest absolute Gasteiger partial charge is 0.244 e. The van der Waals surface area contributed by atoms with Gasteiger partial charge in [0.05, 0.1) is 0 Å². The van der Waals surface area contributed by atoms with Crippen LogP contribution >= 0.6 is 0 Å². The molecule has 0 unspecified atom stereocenters. The number of nitrogens with one attached hydrogen (secondary N) is 1. The molecule has 1 saturated carbocycles. The number of para-hydroxylation sites is 1. The molecule has 2 rings (SSSR count). The lowest BCUT2D eigenvalue weighted by Gasteiger charge is -2.07. The molecule has 1 aromatic rings. The van der Waals surface area contributed by atoms with E-state index in [1.807, 2.05) is 0 Å². The van der Waals surface area contributed by atoms with Crippen molar-refractivity contribution in [3.05, 3.63) is 24.3 Å². The first-order valence-electron chi connectivity index (χ1n) is 5.87. The lowest BCUT2D eigenvalue weighted by molar-refractivity contribution is 0.457. The van der Waals surface area contributed by atoms with Crippen molar-refractivity contribution in [1.82, 2.24) is 4.72 Å². The lowest BCUT2D eigenvalue weighted by Crippen LogP contribution is -2.24. The minimum atomic E-state index is -3.57. The number of hydrogen-bond donors (Lipinski definition) is 2. The molecular weight excluding hydrogens is 238 g/mol. The van der Waals surface area contributed by atoms with Gasteiger partial charge in [0.15, 0.2) is 0 Å². The van der Waals surface area contributed by atoms with Crippen molar-refractivity contribution in [2.45, 2.75) is 30.6 Å². The Morgan fingerprint density at radius 2 is 2.00 bits per heavy atom. The third-order valence-electron chi connectivity index (χ3n) is 2.93. The second kappa shape index (κ2) is 5.06. The minimum Gasteiger partial charge on any atom is -0.507 e. The molecule has 0 spiro atoms. The molecule has 0 radical (unpaired) electrons. The summed E-state index contributed by atoms with van der Waals surface area (Å²) in [4.78, 5) is -0.0496. The highest BCUT2D eigenvalue weighted by Gasteiger charge is 2.21. The van der Waals surface area contributed by atoms with Gasteiger partial charge >= 0.3 is 0 Å². The molecule has 94 valence electrons. The Hall–Kier alpha value is -1.07. The summed E-state index contributed by atoms with van der Waals surface area (Å²) in [5, 5.41) is 9.48.